The Bertz CT molecular complexity index is 1260. The molecule has 8 nitrogen and oxygen atoms in total. The number of hydrogen-bond donors (Lipinski definition) is 2. The van der Waals surface area contributed by atoms with E-state index >= 15 is 0 Å². The predicted molar refractivity (Wildman–Crippen MR) is 159 cm³/mol. The lowest BCUT2D eigenvalue weighted by atomic mass is 9.96. The first kappa shape index (κ1) is 29.3. The molecule has 1 heterocycles. The van der Waals surface area contributed by atoms with Crippen molar-refractivity contribution in [1.82, 2.24) is 20.1 Å². The topological polar surface area (TPSA) is 86.9 Å². The molecular formula is C32H44N4O4. The van der Waals surface area contributed by atoms with E-state index < -0.39 is 0 Å². The van der Waals surface area contributed by atoms with Crippen LogP contribution in [0.1, 0.15) is 57.1 Å². The number of benzene rings is 2. The van der Waals surface area contributed by atoms with Crippen LogP contribution >= 0.6 is 0 Å². The summed E-state index contributed by atoms with van der Waals surface area (Å²) in [6.45, 7) is 5.64. The number of carbonyl (C=O) groups excluding carboxylic acids is 2. The number of carbonyl (C=O) groups is 2. The molecular weight excluding hydrogens is 504 g/mol. The monoisotopic (exact) mass is 548 g/mol. The fourth-order valence-corrected chi connectivity index (χ4v) is 5.52. The number of para-hydroxylation sites is 1. The van der Waals surface area contributed by atoms with Gasteiger partial charge >= 0.3 is 6.03 Å². The lowest BCUT2D eigenvalue weighted by molar-refractivity contribution is -0.132. The Morgan fingerprint density at radius 3 is 2.48 bits per heavy atom. The Kier molecular flexibility index (Phi) is 10.3. The number of H-pyrrole nitrogens is 1. The Labute approximate surface area is 238 Å². The Morgan fingerprint density at radius 2 is 1.75 bits per heavy atom. The number of fused-ring (bicyclic) bond motifs is 1. The minimum atomic E-state index is -0.142. The third kappa shape index (κ3) is 7.71. The summed E-state index contributed by atoms with van der Waals surface area (Å²) in [6.07, 6.45) is 8.23. The molecule has 0 saturated heterocycles. The predicted octanol–water partition coefficient (Wildman–Crippen LogP) is 5.76. The van der Waals surface area contributed by atoms with Crippen LogP contribution < -0.4 is 14.8 Å². The molecule has 3 amide bonds. The van der Waals surface area contributed by atoms with Crippen molar-refractivity contribution in [3.05, 3.63) is 59.8 Å². The Hall–Kier alpha value is -3.68. The van der Waals surface area contributed by atoms with Gasteiger partial charge in [0.2, 0.25) is 5.91 Å². The molecule has 1 fully saturated rings. The first-order chi connectivity index (χ1) is 19.4. The summed E-state index contributed by atoms with van der Waals surface area (Å²) in [4.78, 5) is 34.1. The molecule has 1 aromatic heterocycles. The first-order valence-electron chi connectivity index (χ1n) is 14.5. The zero-order valence-electron chi connectivity index (χ0n) is 24.4. The highest BCUT2D eigenvalue weighted by molar-refractivity contribution is 5.85. The molecule has 216 valence electrons. The van der Waals surface area contributed by atoms with E-state index in [1.165, 1.54) is 6.42 Å². The molecule has 4 rings (SSSR count). The lowest BCUT2D eigenvalue weighted by Crippen LogP contribution is -2.50. The van der Waals surface area contributed by atoms with E-state index in [9.17, 15) is 9.59 Å². The molecule has 2 N–H and O–H groups in total. The minimum Gasteiger partial charge on any atom is -0.493 e. The molecule has 1 saturated carbocycles. The van der Waals surface area contributed by atoms with Gasteiger partial charge in [-0.15, -0.1) is 0 Å². The van der Waals surface area contributed by atoms with Crippen LogP contribution in [0.3, 0.4) is 0 Å². The molecule has 3 aromatic rings. The summed E-state index contributed by atoms with van der Waals surface area (Å²) in [5, 5.41) is 4.36. The lowest BCUT2D eigenvalue weighted by Gasteiger charge is -2.31. The van der Waals surface area contributed by atoms with E-state index in [-0.39, 0.29) is 30.4 Å². The first-order valence-corrected chi connectivity index (χ1v) is 14.5. The van der Waals surface area contributed by atoms with Gasteiger partial charge in [0.25, 0.3) is 0 Å². The zero-order chi connectivity index (χ0) is 28.5. The summed E-state index contributed by atoms with van der Waals surface area (Å²) in [7, 11) is 3.21. The normalized spacial score (nSPS) is 13.8. The van der Waals surface area contributed by atoms with Gasteiger partial charge in [-0.1, -0.05) is 57.4 Å². The Balaban J connectivity index is 1.53. The van der Waals surface area contributed by atoms with Crippen molar-refractivity contribution in [3.8, 4) is 11.5 Å². The highest BCUT2D eigenvalue weighted by Gasteiger charge is 2.25. The standard InChI is InChI=1S/C32H44N4O4/c1-23(2)20-36(32(38)34-26-10-6-5-7-11-26)22-31(37)35(21-24-14-15-29(39-3)30(18-24)40-4)17-16-25-19-33-28-13-9-8-12-27(25)28/h8-9,12-15,18-19,23,26,33H,5-7,10-11,16-17,20-22H2,1-4H3,(H,34,38). The van der Waals surface area contributed by atoms with Crippen molar-refractivity contribution >= 4 is 22.8 Å². The summed E-state index contributed by atoms with van der Waals surface area (Å²) in [5.41, 5.74) is 3.18. The number of hydrogen-bond acceptors (Lipinski definition) is 4. The van der Waals surface area contributed by atoms with Crippen molar-refractivity contribution in [2.24, 2.45) is 5.92 Å². The van der Waals surface area contributed by atoms with Crippen molar-refractivity contribution in [1.29, 1.82) is 0 Å². The van der Waals surface area contributed by atoms with Crippen LogP contribution in [0.5, 0.6) is 11.5 Å². The van der Waals surface area contributed by atoms with Crippen LogP contribution in [0.4, 0.5) is 4.79 Å². The molecule has 0 bridgehead atoms. The average Bonchev–Trinajstić information content (AvgIpc) is 3.38. The molecule has 0 aliphatic heterocycles. The van der Waals surface area contributed by atoms with Crippen molar-refractivity contribution < 1.29 is 19.1 Å². The third-order valence-electron chi connectivity index (χ3n) is 7.63. The molecule has 0 radical (unpaired) electrons. The summed E-state index contributed by atoms with van der Waals surface area (Å²) in [5.74, 6) is 1.44. The second-order valence-electron chi connectivity index (χ2n) is 11.2. The van der Waals surface area contributed by atoms with E-state index in [4.69, 9.17) is 9.47 Å². The zero-order valence-corrected chi connectivity index (χ0v) is 24.4. The highest BCUT2D eigenvalue weighted by atomic mass is 16.5. The fraction of sp³-hybridized carbons (Fsp3) is 0.500. The molecule has 8 heteroatoms. The van der Waals surface area contributed by atoms with Crippen molar-refractivity contribution in [3.63, 3.8) is 0 Å². The SMILES string of the molecule is COc1ccc(CN(CCc2c[nH]c3ccccc23)C(=O)CN(CC(C)C)C(=O)NC2CCCCC2)cc1OC. The summed E-state index contributed by atoms with van der Waals surface area (Å²) >= 11 is 0. The van der Waals surface area contributed by atoms with E-state index in [2.05, 4.69) is 36.3 Å². The minimum absolute atomic E-state index is 0.0396. The molecule has 1 aliphatic carbocycles. The van der Waals surface area contributed by atoms with Crippen molar-refractivity contribution in [2.75, 3.05) is 33.9 Å². The maximum absolute atomic E-state index is 13.9. The number of ether oxygens (including phenoxy) is 2. The van der Waals surface area contributed by atoms with Crippen LogP contribution in [0.25, 0.3) is 10.9 Å². The molecule has 2 aromatic carbocycles. The van der Waals surface area contributed by atoms with Gasteiger partial charge in [0.1, 0.15) is 6.54 Å². The number of amides is 3. The van der Waals surface area contributed by atoms with Crippen LogP contribution in [0.2, 0.25) is 0 Å². The van der Waals surface area contributed by atoms with Gasteiger partial charge in [-0.05, 0) is 54.5 Å². The number of nitrogens with one attached hydrogen (secondary N) is 2. The van der Waals surface area contributed by atoms with Gasteiger partial charge in [-0.25, -0.2) is 4.79 Å². The van der Waals surface area contributed by atoms with E-state index in [1.807, 2.05) is 41.4 Å². The molecule has 0 unspecified atom stereocenters. The van der Waals surface area contributed by atoms with E-state index in [0.717, 1.165) is 47.7 Å². The maximum atomic E-state index is 13.9. The number of urea groups is 1. The molecule has 0 spiro atoms. The maximum Gasteiger partial charge on any atom is 0.318 e. The van der Waals surface area contributed by atoms with Gasteiger partial charge < -0.3 is 29.6 Å². The Morgan fingerprint density at radius 1 is 1.00 bits per heavy atom. The summed E-state index contributed by atoms with van der Waals surface area (Å²) < 4.78 is 10.9. The van der Waals surface area contributed by atoms with Crippen LogP contribution in [-0.4, -0.2) is 66.6 Å². The largest absolute Gasteiger partial charge is 0.493 e. The van der Waals surface area contributed by atoms with Gasteiger partial charge in [-0.3, -0.25) is 4.79 Å². The van der Waals surface area contributed by atoms with Gasteiger partial charge in [0, 0.05) is 42.8 Å². The number of aromatic amines is 1. The number of nitrogens with zero attached hydrogens (tertiary/aromatic N) is 2. The van der Waals surface area contributed by atoms with Gasteiger partial charge in [-0.2, -0.15) is 0 Å². The second-order valence-corrected chi connectivity index (χ2v) is 11.2. The van der Waals surface area contributed by atoms with E-state index in [0.29, 0.717) is 37.6 Å². The van der Waals surface area contributed by atoms with Crippen LogP contribution in [0, 0.1) is 5.92 Å². The number of methoxy groups -OCH3 is 2. The number of rotatable bonds is 12. The van der Waals surface area contributed by atoms with Gasteiger partial charge in [0.15, 0.2) is 11.5 Å². The number of aromatic nitrogens is 1. The van der Waals surface area contributed by atoms with Gasteiger partial charge in [0.05, 0.1) is 14.2 Å². The van der Waals surface area contributed by atoms with Crippen LogP contribution in [0.15, 0.2) is 48.7 Å². The molecule has 0 atom stereocenters. The second kappa shape index (κ2) is 14.1. The highest BCUT2D eigenvalue weighted by Crippen LogP contribution is 2.28. The molecule has 40 heavy (non-hydrogen) atoms. The smallest absolute Gasteiger partial charge is 0.318 e. The fourth-order valence-electron chi connectivity index (χ4n) is 5.52. The van der Waals surface area contributed by atoms with E-state index in [1.54, 1.807) is 19.1 Å². The van der Waals surface area contributed by atoms with Crippen LogP contribution in [-0.2, 0) is 17.8 Å². The quantitative estimate of drug-likeness (QED) is 0.301. The summed E-state index contributed by atoms with van der Waals surface area (Å²) in [6, 6.07) is 14.0. The average molecular weight is 549 g/mol. The third-order valence-corrected chi connectivity index (χ3v) is 7.63. The molecule has 1 aliphatic rings. The van der Waals surface area contributed by atoms with Crippen molar-refractivity contribution in [2.45, 2.75) is 65.0 Å².